The molecule has 1 heterocycles. The van der Waals surface area contributed by atoms with Crippen LogP contribution in [0.5, 0.6) is 0 Å². The van der Waals surface area contributed by atoms with E-state index in [2.05, 4.69) is 26.0 Å². The van der Waals surface area contributed by atoms with E-state index in [9.17, 15) is 9.59 Å². The number of carboxylic acids is 1. The minimum Gasteiger partial charge on any atom is -0.480 e. The number of hydrogen-bond donors (Lipinski definition) is 1. The molecule has 0 saturated carbocycles. The van der Waals surface area contributed by atoms with Crippen LogP contribution in [0.15, 0.2) is 53.3 Å². The summed E-state index contributed by atoms with van der Waals surface area (Å²) in [6.45, 7) is 4.35. The first-order valence-electron chi connectivity index (χ1n) is 7.96. The fourth-order valence-corrected chi connectivity index (χ4v) is 2.95. The molecule has 2 aromatic carbocycles. The molecule has 5 nitrogen and oxygen atoms in total. The van der Waals surface area contributed by atoms with Crippen LogP contribution in [0.1, 0.15) is 30.9 Å². The van der Waals surface area contributed by atoms with Crippen LogP contribution >= 0.6 is 0 Å². The van der Waals surface area contributed by atoms with E-state index >= 15 is 0 Å². The van der Waals surface area contributed by atoms with Gasteiger partial charge in [-0.15, -0.1) is 0 Å². The molecule has 0 aliphatic rings. The maximum atomic E-state index is 12.7. The molecule has 0 amide bonds. The molecular formula is C19H20N2O3. The summed E-state index contributed by atoms with van der Waals surface area (Å²) in [5.41, 5.74) is 3.34. The molecule has 0 spiro atoms. The topological polar surface area (TPSA) is 64.2 Å². The summed E-state index contributed by atoms with van der Waals surface area (Å²) in [6, 6.07) is 15.4. The number of nitrogens with zero attached hydrogens (tertiary/aromatic N) is 2. The quantitative estimate of drug-likeness (QED) is 0.784. The van der Waals surface area contributed by atoms with Crippen LogP contribution in [0.4, 0.5) is 0 Å². The highest BCUT2D eigenvalue weighted by molar-refractivity contribution is 5.78. The van der Waals surface area contributed by atoms with Crippen LogP contribution in [0.3, 0.4) is 0 Å². The molecule has 0 aliphatic carbocycles. The minimum absolute atomic E-state index is 0.298. The molecule has 3 rings (SSSR count). The molecule has 0 bridgehead atoms. The second kappa shape index (κ2) is 6.35. The van der Waals surface area contributed by atoms with Crippen molar-refractivity contribution in [2.24, 2.45) is 0 Å². The first kappa shape index (κ1) is 16.1. The van der Waals surface area contributed by atoms with E-state index in [1.54, 1.807) is 10.6 Å². The van der Waals surface area contributed by atoms with E-state index in [1.165, 1.54) is 10.1 Å². The molecule has 3 aromatic rings. The number of fused-ring (bicyclic) bond motifs is 1. The van der Waals surface area contributed by atoms with Crippen LogP contribution in [-0.4, -0.2) is 20.2 Å². The van der Waals surface area contributed by atoms with Gasteiger partial charge in [0.25, 0.3) is 0 Å². The van der Waals surface area contributed by atoms with E-state index in [1.807, 2.05) is 30.3 Å². The Hall–Kier alpha value is -2.82. The minimum atomic E-state index is -1.03. The standard InChI is InChI=1S/C19H20N2O3/c1-13(2)15-7-5-6-14(10-15)11-20-16-8-3-4-9-17(16)21(19(20)24)12-18(22)23/h3-10,13H,11-12H2,1-2H3,(H,22,23). The average molecular weight is 324 g/mol. The fraction of sp³-hybridized carbons (Fsp3) is 0.263. The second-order valence-corrected chi connectivity index (χ2v) is 6.24. The Labute approximate surface area is 139 Å². The number of imidazole rings is 1. The van der Waals surface area contributed by atoms with Crippen molar-refractivity contribution in [3.8, 4) is 0 Å². The lowest BCUT2D eigenvalue weighted by Crippen LogP contribution is -2.27. The number of rotatable bonds is 5. The van der Waals surface area contributed by atoms with Gasteiger partial charge in [-0.25, -0.2) is 4.79 Å². The molecule has 124 valence electrons. The van der Waals surface area contributed by atoms with Crippen molar-refractivity contribution < 1.29 is 9.90 Å². The Morgan fingerprint density at radius 1 is 1.04 bits per heavy atom. The van der Waals surface area contributed by atoms with Gasteiger partial charge in [0.15, 0.2) is 0 Å². The van der Waals surface area contributed by atoms with E-state index < -0.39 is 5.97 Å². The normalized spacial score (nSPS) is 11.3. The predicted molar refractivity (Wildman–Crippen MR) is 93.5 cm³/mol. The third-order valence-electron chi connectivity index (χ3n) is 4.18. The largest absolute Gasteiger partial charge is 0.480 e. The number of carbonyl (C=O) groups is 1. The molecule has 0 saturated heterocycles. The summed E-state index contributed by atoms with van der Waals surface area (Å²) in [6.07, 6.45) is 0. The summed E-state index contributed by atoms with van der Waals surface area (Å²) in [5.74, 6) is -0.614. The number of benzene rings is 2. The van der Waals surface area contributed by atoms with Gasteiger partial charge in [0.2, 0.25) is 0 Å². The Kier molecular flexibility index (Phi) is 4.25. The van der Waals surface area contributed by atoms with Crippen LogP contribution in [0, 0.1) is 0 Å². The van der Waals surface area contributed by atoms with Gasteiger partial charge in [0.1, 0.15) is 6.54 Å². The van der Waals surface area contributed by atoms with Crippen molar-refractivity contribution in [2.75, 3.05) is 0 Å². The summed E-state index contributed by atoms with van der Waals surface area (Å²) in [7, 11) is 0. The highest BCUT2D eigenvalue weighted by Crippen LogP contribution is 2.18. The second-order valence-electron chi connectivity index (χ2n) is 6.24. The monoisotopic (exact) mass is 324 g/mol. The Morgan fingerprint density at radius 2 is 1.71 bits per heavy atom. The van der Waals surface area contributed by atoms with E-state index in [4.69, 9.17) is 5.11 Å². The zero-order valence-electron chi connectivity index (χ0n) is 13.8. The van der Waals surface area contributed by atoms with Gasteiger partial charge in [0, 0.05) is 0 Å². The lowest BCUT2D eigenvalue weighted by molar-refractivity contribution is -0.137. The third-order valence-corrected chi connectivity index (χ3v) is 4.18. The van der Waals surface area contributed by atoms with Gasteiger partial charge in [0.05, 0.1) is 17.6 Å². The lowest BCUT2D eigenvalue weighted by Gasteiger charge is -2.09. The van der Waals surface area contributed by atoms with Crippen LogP contribution < -0.4 is 5.69 Å². The zero-order chi connectivity index (χ0) is 17.3. The van der Waals surface area contributed by atoms with Crippen molar-refractivity contribution >= 4 is 17.0 Å². The van der Waals surface area contributed by atoms with Gasteiger partial charge in [-0.2, -0.15) is 0 Å². The van der Waals surface area contributed by atoms with Crippen LogP contribution in [-0.2, 0) is 17.9 Å². The van der Waals surface area contributed by atoms with E-state index in [0.29, 0.717) is 18.0 Å². The van der Waals surface area contributed by atoms with Crippen molar-refractivity contribution in [1.82, 2.24) is 9.13 Å². The van der Waals surface area contributed by atoms with Gasteiger partial charge in [-0.1, -0.05) is 50.2 Å². The molecule has 0 radical (unpaired) electrons. The molecule has 0 aliphatic heterocycles. The van der Waals surface area contributed by atoms with Gasteiger partial charge >= 0.3 is 11.7 Å². The third kappa shape index (κ3) is 2.97. The molecule has 5 heteroatoms. The van der Waals surface area contributed by atoms with Crippen molar-refractivity contribution in [3.63, 3.8) is 0 Å². The van der Waals surface area contributed by atoms with Crippen LogP contribution in [0.2, 0.25) is 0 Å². The lowest BCUT2D eigenvalue weighted by atomic mass is 10.0. The summed E-state index contributed by atoms with van der Waals surface area (Å²) >= 11 is 0. The number of para-hydroxylation sites is 2. The zero-order valence-corrected chi connectivity index (χ0v) is 13.8. The van der Waals surface area contributed by atoms with Gasteiger partial charge in [-0.05, 0) is 29.2 Å². The maximum Gasteiger partial charge on any atom is 0.329 e. The number of aliphatic carboxylic acids is 1. The highest BCUT2D eigenvalue weighted by atomic mass is 16.4. The number of aromatic nitrogens is 2. The molecule has 24 heavy (non-hydrogen) atoms. The predicted octanol–water partition coefficient (Wildman–Crippen LogP) is 3.06. The van der Waals surface area contributed by atoms with E-state index in [-0.39, 0.29) is 12.2 Å². The molecule has 0 unspecified atom stereocenters. The van der Waals surface area contributed by atoms with Crippen molar-refractivity contribution in [2.45, 2.75) is 32.9 Å². The number of carboxylic acid groups (broad SMARTS) is 1. The molecular weight excluding hydrogens is 304 g/mol. The Balaban J connectivity index is 2.10. The molecule has 0 atom stereocenters. The first-order valence-corrected chi connectivity index (χ1v) is 7.96. The summed E-state index contributed by atoms with van der Waals surface area (Å²) in [4.78, 5) is 23.8. The van der Waals surface area contributed by atoms with Crippen LogP contribution in [0.25, 0.3) is 11.0 Å². The van der Waals surface area contributed by atoms with Gasteiger partial charge in [-0.3, -0.25) is 13.9 Å². The van der Waals surface area contributed by atoms with E-state index in [0.717, 1.165) is 11.1 Å². The first-order chi connectivity index (χ1) is 11.5. The summed E-state index contributed by atoms with van der Waals surface area (Å²) < 4.78 is 2.95. The number of hydrogen-bond acceptors (Lipinski definition) is 2. The molecule has 1 N–H and O–H groups in total. The van der Waals surface area contributed by atoms with Gasteiger partial charge < -0.3 is 5.11 Å². The summed E-state index contributed by atoms with van der Waals surface area (Å²) in [5, 5.41) is 9.08. The molecule has 1 aromatic heterocycles. The fourth-order valence-electron chi connectivity index (χ4n) is 2.95. The average Bonchev–Trinajstić information content (AvgIpc) is 2.81. The maximum absolute atomic E-state index is 12.7. The molecule has 0 fully saturated rings. The SMILES string of the molecule is CC(C)c1cccc(Cn2c(=O)n(CC(=O)O)c3ccccc32)c1. The van der Waals surface area contributed by atoms with Crippen molar-refractivity contribution in [1.29, 1.82) is 0 Å². The smallest absolute Gasteiger partial charge is 0.329 e. The Bertz CT molecular complexity index is 951. The highest BCUT2D eigenvalue weighted by Gasteiger charge is 2.15. The Morgan fingerprint density at radius 3 is 2.33 bits per heavy atom. The van der Waals surface area contributed by atoms with Crippen molar-refractivity contribution in [3.05, 3.63) is 70.1 Å².